The van der Waals surface area contributed by atoms with Crippen LogP contribution >= 0.6 is 11.3 Å². The molecule has 0 bridgehead atoms. The van der Waals surface area contributed by atoms with Gasteiger partial charge in [0.05, 0.1) is 39.4 Å². The van der Waals surface area contributed by atoms with E-state index in [9.17, 15) is 4.79 Å². The van der Waals surface area contributed by atoms with Crippen molar-refractivity contribution in [3.05, 3.63) is 76.6 Å². The van der Waals surface area contributed by atoms with Crippen molar-refractivity contribution in [2.24, 2.45) is 5.92 Å². The van der Waals surface area contributed by atoms with E-state index in [1.807, 2.05) is 11.1 Å². The van der Waals surface area contributed by atoms with E-state index in [1.165, 1.54) is 11.1 Å². The van der Waals surface area contributed by atoms with Gasteiger partial charge in [-0.2, -0.15) is 0 Å². The van der Waals surface area contributed by atoms with Crippen LogP contribution in [0.4, 0.5) is 5.82 Å². The van der Waals surface area contributed by atoms with E-state index < -0.39 is 0 Å². The zero-order valence-electron chi connectivity index (χ0n) is 27.9. The molecular weight excluding hydrogens is 637 g/mol. The van der Waals surface area contributed by atoms with Crippen LogP contribution in [0.5, 0.6) is 0 Å². The number of hydrogen-bond acceptors (Lipinski definition) is 10. The average Bonchev–Trinajstić information content (AvgIpc) is 3.97. The molecule has 0 radical (unpaired) electrons. The quantitative estimate of drug-likeness (QED) is 0.168. The molecule has 0 spiro atoms. The number of carbonyl (C=O) groups is 1. The van der Waals surface area contributed by atoms with Crippen LogP contribution in [0.2, 0.25) is 0 Å². The number of rotatable bonds is 9. The Morgan fingerprint density at radius 2 is 1.92 bits per heavy atom. The lowest BCUT2D eigenvalue weighted by Gasteiger charge is -2.22. The molecule has 4 aliphatic rings. The molecule has 1 amide bonds. The van der Waals surface area contributed by atoms with Gasteiger partial charge in [0.25, 0.3) is 5.91 Å². The molecule has 5 aromatic rings. The zero-order chi connectivity index (χ0) is 33.1. The Morgan fingerprint density at radius 1 is 1.06 bits per heavy atom. The Kier molecular flexibility index (Phi) is 7.93. The third-order valence-electron chi connectivity index (χ3n) is 11.0. The van der Waals surface area contributed by atoms with Crippen LogP contribution in [0.25, 0.3) is 32.0 Å². The second-order valence-corrected chi connectivity index (χ2v) is 14.9. The van der Waals surface area contributed by atoms with Crippen molar-refractivity contribution in [2.45, 2.75) is 69.9 Å². The molecule has 11 heteroatoms. The van der Waals surface area contributed by atoms with Crippen LogP contribution in [-0.4, -0.2) is 64.4 Å². The second-order valence-electron chi connectivity index (χ2n) is 13.8. The van der Waals surface area contributed by atoms with Gasteiger partial charge in [0.15, 0.2) is 0 Å². The smallest absolute Gasteiger partial charge is 0.257 e. The number of aryl methyl sites for hydroxylation is 2. The van der Waals surface area contributed by atoms with Gasteiger partial charge in [0, 0.05) is 62.9 Å². The summed E-state index contributed by atoms with van der Waals surface area (Å²) >= 11 is 1.66. The van der Waals surface area contributed by atoms with Crippen molar-refractivity contribution in [3.8, 4) is 21.9 Å². The first-order chi connectivity index (χ1) is 24.1. The van der Waals surface area contributed by atoms with Gasteiger partial charge < -0.3 is 24.1 Å². The molecule has 3 atom stereocenters. The summed E-state index contributed by atoms with van der Waals surface area (Å²) in [6, 6.07) is 12.8. The first-order valence-corrected chi connectivity index (χ1v) is 18.4. The van der Waals surface area contributed by atoms with Gasteiger partial charge in [-0.25, -0.2) is 4.98 Å². The Morgan fingerprint density at radius 3 is 2.73 bits per heavy atom. The number of pyridine rings is 2. The van der Waals surface area contributed by atoms with Gasteiger partial charge in [0.2, 0.25) is 11.8 Å². The molecule has 49 heavy (non-hydrogen) atoms. The molecule has 10 nitrogen and oxygen atoms in total. The summed E-state index contributed by atoms with van der Waals surface area (Å²) in [7, 11) is 1.79. The number of fused-ring (bicyclic) bond motifs is 5. The Bertz CT molecular complexity index is 2050. The van der Waals surface area contributed by atoms with Gasteiger partial charge in [-0.15, -0.1) is 21.5 Å². The minimum absolute atomic E-state index is 0.0139. The fourth-order valence-electron chi connectivity index (χ4n) is 8.52. The van der Waals surface area contributed by atoms with Crippen molar-refractivity contribution < 1.29 is 18.7 Å². The maximum absolute atomic E-state index is 14.2. The highest BCUT2D eigenvalue weighted by atomic mass is 32.1. The molecule has 2 fully saturated rings. The summed E-state index contributed by atoms with van der Waals surface area (Å²) in [5.41, 5.74) is 6.80. The number of nitrogens with zero attached hydrogens (tertiary/aromatic N) is 5. The molecule has 9 rings (SSSR count). The largest absolute Gasteiger partial charge is 0.421 e. The predicted molar refractivity (Wildman–Crippen MR) is 188 cm³/mol. The third kappa shape index (κ3) is 5.34. The minimum atomic E-state index is 0.0139. The lowest BCUT2D eigenvalue weighted by atomic mass is 9.90. The zero-order valence-corrected chi connectivity index (χ0v) is 28.7. The number of carbonyl (C=O) groups excluding carboxylic acids is 1. The van der Waals surface area contributed by atoms with E-state index >= 15 is 0 Å². The number of benzene rings is 1. The predicted octanol–water partition coefficient (Wildman–Crippen LogP) is 7.65. The third-order valence-corrected chi connectivity index (χ3v) is 12.2. The summed E-state index contributed by atoms with van der Waals surface area (Å²) in [5.74, 6) is 2.70. The Hall–Kier alpha value is -4.19. The summed E-state index contributed by atoms with van der Waals surface area (Å²) < 4.78 is 18.7. The van der Waals surface area contributed by atoms with Gasteiger partial charge in [-0.3, -0.25) is 9.78 Å². The molecule has 252 valence electrons. The normalized spacial score (nSPS) is 21.8. The van der Waals surface area contributed by atoms with Crippen LogP contribution in [0, 0.1) is 12.8 Å². The van der Waals surface area contributed by atoms with Gasteiger partial charge in [0.1, 0.15) is 5.82 Å². The maximum atomic E-state index is 14.2. The number of anilines is 1. The molecule has 3 aliphatic heterocycles. The van der Waals surface area contributed by atoms with Gasteiger partial charge in [-0.1, -0.05) is 24.3 Å². The van der Waals surface area contributed by atoms with Crippen LogP contribution in [0.3, 0.4) is 0 Å². The highest BCUT2D eigenvalue weighted by Crippen LogP contribution is 2.50. The van der Waals surface area contributed by atoms with Crippen molar-refractivity contribution in [1.82, 2.24) is 25.1 Å². The number of methoxy groups -OCH3 is 1. The fraction of sp³-hybridized carbons (Fsp3) is 0.447. The molecule has 1 aliphatic carbocycles. The Balaban J connectivity index is 1.14. The maximum Gasteiger partial charge on any atom is 0.257 e. The highest BCUT2D eigenvalue weighted by Gasteiger charge is 2.45. The van der Waals surface area contributed by atoms with E-state index in [-0.39, 0.29) is 18.1 Å². The number of aromatic nitrogens is 4. The standard InChI is InChI=1S/C38H40N6O4S/c1-21-42-43-37(48-21)31-27(10-9-22-12-16-47-17-13-22)41-34-28-8-5-15-44(28)38(45)33(34)32(31)30-19-23-11-14-39-36(35(23)49-30)40-20-24-18-29(46-2)26-7-4-3-6-25(24)26/h3-4,6-7,11,14,19,22,24,28-29H,5,8-10,12-13,15-18,20H2,1-2H3,(H,39,40)/t24?,28-,29-/m0/s1. The lowest BCUT2D eigenvalue weighted by molar-refractivity contribution is 0.0639. The molecule has 1 N–H and O–H groups in total. The van der Waals surface area contributed by atoms with Gasteiger partial charge in [-0.05, 0) is 79.5 Å². The van der Waals surface area contributed by atoms with Crippen LogP contribution in [0.1, 0.15) is 95.4 Å². The molecular formula is C38H40N6O4S. The number of thiophene rings is 1. The van der Waals surface area contributed by atoms with Crippen molar-refractivity contribution in [3.63, 3.8) is 0 Å². The molecule has 1 unspecified atom stereocenters. The second kappa shape index (κ2) is 12.6. The SMILES string of the molecule is CO[C@H]1CC(CNc2nccc3cc(-c4c5c(nc(CCC6CCOCC6)c4-c4nnc(C)o4)[C@@H]4CCCN4C5=O)sc23)c2ccccc21. The monoisotopic (exact) mass is 676 g/mol. The van der Waals surface area contributed by atoms with E-state index in [1.54, 1.807) is 25.4 Å². The van der Waals surface area contributed by atoms with Crippen LogP contribution < -0.4 is 5.32 Å². The fourth-order valence-corrected chi connectivity index (χ4v) is 9.70. The molecule has 2 saturated heterocycles. The van der Waals surface area contributed by atoms with E-state index in [0.29, 0.717) is 29.2 Å². The molecule has 7 heterocycles. The minimum Gasteiger partial charge on any atom is -0.421 e. The summed E-state index contributed by atoms with van der Waals surface area (Å²) in [5, 5.41) is 13.5. The van der Waals surface area contributed by atoms with E-state index in [4.69, 9.17) is 23.9 Å². The van der Waals surface area contributed by atoms with E-state index in [2.05, 4.69) is 51.9 Å². The molecule has 1 aromatic carbocycles. The van der Waals surface area contributed by atoms with Crippen molar-refractivity contribution in [2.75, 3.05) is 38.7 Å². The van der Waals surface area contributed by atoms with Gasteiger partial charge >= 0.3 is 0 Å². The first-order valence-electron chi connectivity index (χ1n) is 17.6. The molecule has 0 saturated carbocycles. The summed E-state index contributed by atoms with van der Waals surface area (Å²) in [4.78, 5) is 27.4. The number of amides is 1. The molecule has 4 aromatic heterocycles. The van der Waals surface area contributed by atoms with Crippen molar-refractivity contribution in [1.29, 1.82) is 0 Å². The van der Waals surface area contributed by atoms with Crippen LogP contribution in [0.15, 0.2) is 47.0 Å². The topological polar surface area (TPSA) is 116 Å². The number of ether oxygens (including phenoxy) is 2. The summed E-state index contributed by atoms with van der Waals surface area (Å²) in [6.45, 7) is 4.92. The van der Waals surface area contributed by atoms with E-state index in [0.717, 1.165) is 115 Å². The highest BCUT2D eigenvalue weighted by molar-refractivity contribution is 7.23. The Labute approximate surface area is 289 Å². The van der Waals surface area contributed by atoms with Crippen LogP contribution in [-0.2, 0) is 15.9 Å². The van der Waals surface area contributed by atoms with Crippen molar-refractivity contribution >= 4 is 33.1 Å². The number of nitrogens with one attached hydrogen (secondary N) is 1. The summed E-state index contributed by atoms with van der Waals surface area (Å²) in [6.07, 6.45) is 8.70. The first kappa shape index (κ1) is 30.8. The lowest BCUT2D eigenvalue weighted by Crippen LogP contribution is -2.22. The number of hydrogen-bond donors (Lipinski definition) is 1. The average molecular weight is 677 g/mol.